The molecule has 6 nitrogen and oxygen atoms in total. The molecule has 6 heteroatoms. The molecule has 74 valence electrons. The first-order valence-corrected chi connectivity index (χ1v) is 3.61. The quantitative estimate of drug-likeness (QED) is 0.445. The number of rotatable bonds is 3. The lowest BCUT2D eigenvalue weighted by Gasteiger charge is -2.04. The zero-order valence-electron chi connectivity index (χ0n) is 7.26. The van der Waals surface area contributed by atoms with Gasteiger partial charge in [-0.2, -0.15) is 0 Å². The van der Waals surface area contributed by atoms with E-state index in [2.05, 4.69) is 4.74 Å². The molecule has 1 rings (SSSR count). The van der Waals surface area contributed by atoms with Gasteiger partial charge < -0.3 is 9.84 Å². The number of nitro benzene ring substituents is 1. The molecule has 0 unspecified atom stereocenters. The van der Waals surface area contributed by atoms with Crippen LogP contribution in [0.2, 0.25) is 0 Å². The van der Waals surface area contributed by atoms with Gasteiger partial charge in [0, 0.05) is 6.07 Å². The Kier molecular flexibility index (Phi) is 2.66. The summed E-state index contributed by atoms with van der Waals surface area (Å²) in [5, 5.41) is 19.8. The number of carbonyl (C=O) groups excluding carboxylic acids is 1. The highest BCUT2D eigenvalue weighted by Gasteiger charge is 2.20. The zero-order valence-corrected chi connectivity index (χ0v) is 7.26. The summed E-state index contributed by atoms with van der Waals surface area (Å²) in [5.74, 6) is -0.823. The lowest BCUT2D eigenvalue weighted by Crippen LogP contribution is -1.95. The zero-order chi connectivity index (χ0) is 10.7. The van der Waals surface area contributed by atoms with Crippen LogP contribution in [0.1, 0.15) is 10.4 Å². The lowest BCUT2D eigenvalue weighted by atomic mass is 10.2. The maximum absolute atomic E-state index is 10.5. The third-order valence-electron chi connectivity index (χ3n) is 1.67. The Morgan fingerprint density at radius 3 is 2.64 bits per heavy atom. The van der Waals surface area contributed by atoms with E-state index in [-0.39, 0.29) is 17.0 Å². The number of methoxy groups -OCH3 is 1. The number of hydrogen-bond donors (Lipinski definition) is 1. The molecule has 1 N–H and O–H groups in total. The molecule has 14 heavy (non-hydrogen) atoms. The van der Waals surface area contributed by atoms with Crippen molar-refractivity contribution in [1.29, 1.82) is 0 Å². The summed E-state index contributed by atoms with van der Waals surface area (Å²) < 4.78 is 4.63. The number of carbonyl (C=O) groups is 1. The van der Waals surface area contributed by atoms with Gasteiger partial charge in [-0.15, -0.1) is 0 Å². The minimum atomic E-state index is -0.701. The number of aldehydes is 1. The number of benzene rings is 1. The van der Waals surface area contributed by atoms with E-state index in [9.17, 15) is 20.0 Å². The summed E-state index contributed by atoms with van der Waals surface area (Å²) in [7, 11) is 1.18. The van der Waals surface area contributed by atoms with Crippen LogP contribution in [-0.2, 0) is 0 Å². The van der Waals surface area contributed by atoms with E-state index < -0.39 is 10.7 Å². The minimum Gasteiger partial charge on any atom is -0.504 e. The molecule has 0 saturated carbocycles. The van der Waals surface area contributed by atoms with E-state index in [1.807, 2.05) is 0 Å². The first-order valence-electron chi connectivity index (χ1n) is 3.61. The minimum absolute atomic E-state index is 0.0487. The maximum Gasteiger partial charge on any atom is 0.314 e. The monoisotopic (exact) mass is 197 g/mol. The first-order chi connectivity index (χ1) is 6.61. The summed E-state index contributed by atoms with van der Waals surface area (Å²) >= 11 is 0. The molecule has 0 atom stereocenters. The molecule has 1 aromatic carbocycles. The highest BCUT2D eigenvalue weighted by molar-refractivity contribution is 5.82. The maximum atomic E-state index is 10.5. The van der Waals surface area contributed by atoms with Crippen molar-refractivity contribution in [1.82, 2.24) is 0 Å². The van der Waals surface area contributed by atoms with Crippen LogP contribution in [0.15, 0.2) is 12.1 Å². The van der Waals surface area contributed by atoms with E-state index in [1.165, 1.54) is 7.11 Å². The van der Waals surface area contributed by atoms with Crippen molar-refractivity contribution in [3.8, 4) is 11.5 Å². The predicted octanol–water partition coefficient (Wildman–Crippen LogP) is 1.12. The second-order valence-corrected chi connectivity index (χ2v) is 2.43. The van der Waals surface area contributed by atoms with E-state index in [0.29, 0.717) is 6.29 Å². The summed E-state index contributed by atoms with van der Waals surface area (Å²) in [4.78, 5) is 20.1. The molecule has 0 amide bonds. The second kappa shape index (κ2) is 3.73. The van der Waals surface area contributed by atoms with Gasteiger partial charge in [-0.05, 0) is 6.07 Å². The van der Waals surface area contributed by atoms with E-state index in [4.69, 9.17) is 0 Å². The molecule has 0 heterocycles. The van der Waals surface area contributed by atoms with E-state index in [1.54, 1.807) is 0 Å². The van der Waals surface area contributed by atoms with Crippen LogP contribution in [-0.4, -0.2) is 23.4 Å². The smallest absolute Gasteiger partial charge is 0.314 e. The fourth-order valence-corrected chi connectivity index (χ4v) is 1.02. The predicted molar refractivity (Wildman–Crippen MR) is 46.7 cm³/mol. The van der Waals surface area contributed by atoms with Gasteiger partial charge in [0.05, 0.1) is 17.6 Å². The number of phenolic OH excluding ortho intramolecular Hbond substituents is 1. The first kappa shape index (κ1) is 9.97. The normalized spacial score (nSPS) is 9.50. The largest absolute Gasteiger partial charge is 0.504 e. The van der Waals surface area contributed by atoms with Crippen molar-refractivity contribution >= 4 is 12.0 Å². The van der Waals surface area contributed by atoms with Crippen LogP contribution < -0.4 is 4.74 Å². The fourth-order valence-electron chi connectivity index (χ4n) is 1.02. The van der Waals surface area contributed by atoms with Crippen LogP contribution in [0, 0.1) is 10.1 Å². The molecular weight excluding hydrogens is 190 g/mol. The molecule has 0 saturated heterocycles. The Hall–Kier alpha value is -2.11. The van der Waals surface area contributed by atoms with Gasteiger partial charge in [0.2, 0.25) is 5.75 Å². The van der Waals surface area contributed by atoms with Crippen LogP contribution in [0.25, 0.3) is 0 Å². The highest BCUT2D eigenvalue weighted by atomic mass is 16.6. The van der Waals surface area contributed by atoms with E-state index >= 15 is 0 Å². The number of ether oxygens (including phenoxy) is 1. The molecule has 0 aliphatic heterocycles. The molecule has 0 bridgehead atoms. The average Bonchev–Trinajstić information content (AvgIpc) is 2.17. The van der Waals surface area contributed by atoms with Crippen LogP contribution in [0.4, 0.5) is 5.69 Å². The Morgan fingerprint density at radius 1 is 1.57 bits per heavy atom. The standard InChI is InChI=1S/C8H7NO5/c1-14-8-6(9(12)13)3-2-5(4-10)7(8)11/h2-4,11H,1H3. The third-order valence-corrected chi connectivity index (χ3v) is 1.67. The van der Waals surface area contributed by atoms with Crippen molar-refractivity contribution in [3.63, 3.8) is 0 Å². The summed E-state index contributed by atoms with van der Waals surface area (Å²) in [6.45, 7) is 0. The number of nitro groups is 1. The number of nitrogens with zero attached hydrogens (tertiary/aromatic N) is 1. The Balaban J connectivity index is 3.43. The number of phenols is 1. The molecule has 0 radical (unpaired) electrons. The van der Waals surface area contributed by atoms with Crippen LogP contribution in [0.3, 0.4) is 0 Å². The molecule has 0 aromatic heterocycles. The van der Waals surface area contributed by atoms with Gasteiger partial charge in [0.15, 0.2) is 12.0 Å². The lowest BCUT2D eigenvalue weighted by molar-refractivity contribution is -0.385. The number of hydrogen-bond acceptors (Lipinski definition) is 5. The Morgan fingerprint density at radius 2 is 2.21 bits per heavy atom. The molecule has 0 spiro atoms. The summed E-state index contributed by atoms with van der Waals surface area (Å²) in [5.41, 5.74) is -0.428. The van der Waals surface area contributed by atoms with Gasteiger partial charge in [-0.1, -0.05) is 0 Å². The van der Waals surface area contributed by atoms with E-state index in [0.717, 1.165) is 12.1 Å². The van der Waals surface area contributed by atoms with Crippen LogP contribution in [0.5, 0.6) is 11.5 Å². The topological polar surface area (TPSA) is 89.7 Å². The summed E-state index contributed by atoms with van der Waals surface area (Å²) in [6.07, 6.45) is 0.390. The van der Waals surface area contributed by atoms with Crippen molar-refractivity contribution in [2.24, 2.45) is 0 Å². The molecule has 0 fully saturated rings. The third kappa shape index (κ3) is 1.49. The van der Waals surface area contributed by atoms with Crippen LogP contribution >= 0.6 is 0 Å². The summed E-state index contributed by atoms with van der Waals surface area (Å²) in [6, 6.07) is 2.26. The second-order valence-electron chi connectivity index (χ2n) is 2.43. The SMILES string of the molecule is COc1c([N+](=O)[O-])ccc(C=O)c1O. The Bertz CT molecular complexity index is 388. The van der Waals surface area contributed by atoms with Gasteiger partial charge in [-0.3, -0.25) is 14.9 Å². The molecular formula is C8H7NO5. The van der Waals surface area contributed by atoms with Crippen molar-refractivity contribution in [2.45, 2.75) is 0 Å². The van der Waals surface area contributed by atoms with Crippen molar-refractivity contribution in [2.75, 3.05) is 7.11 Å². The van der Waals surface area contributed by atoms with Gasteiger partial charge >= 0.3 is 5.69 Å². The average molecular weight is 197 g/mol. The fraction of sp³-hybridized carbons (Fsp3) is 0.125. The molecule has 0 aliphatic rings. The molecule has 0 aliphatic carbocycles. The van der Waals surface area contributed by atoms with Gasteiger partial charge in [0.25, 0.3) is 0 Å². The van der Waals surface area contributed by atoms with Gasteiger partial charge in [-0.25, -0.2) is 0 Å². The Labute approximate surface area is 78.9 Å². The highest BCUT2D eigenvalue weighted by Crippen LogP contribution is 2.37. The van der Waals surface area contributed by atoms with Crippen molar-refractivity contribution < 1.29 is 19.6 Å². The number of aromatic hydroxyl groups is 1. The van der Waals surface area contributed by atoms with Crippen molar-refractivity contribution in [3.05, 3.63) is 27.8 Å². The van der Waals surface area contributed by atoms with Gasteiger partial charge in [0.1, 0.15) is 0 Å². The molecule has 1 aromatic rings.